The summed E-state index contributed by atoms with van der Waals surface area (Å²) >= 11 is 0. The normalized spacial score (nSPS) is 10.7. The smallest absolute Gasteiger partial charge is 0.335 e. The van der Waals surface area contributed by atoms with E-state index in [4.69, 9.17) is 5.11 Å². The molecule has 0 saturated heterocycles. The molecule has 5 heteroatoms. The van der Waals surface area contributed by atoms with Gasteiger partial charge in [-0.25, -0.2) is 4.79 Å². The minimum Gasteiger partial charge on any atom is -0.478 e. The Balaban J connectivity index is 2.13. The molecule has 1 heterocycles. The van der Waals surface area contributed by atoms with Crippen molar-refractivity contribution in [3.8, 4) is 22.4 Å². The molecule has 104 valence electrons. The third-order valence-electron chi connectivity index (χ3n) is 3.29. The van der Waals surface area contributed by atoms with Crippen LogP contribution in [0.3, 0.4) is 0 Å². The van der Waals surface area contributed by atoms with Gasteiger partial charge in [0.1, 0.15) is 0 Å². The number of benzene rings is 2. The van der Waals surface area contributed by atoms with Crippen LogP contribution in [0.5, 0.6) is 0 Å². The second-order valence-corrected chi connectivity index (χ2v) is 4.68. The Hall–Kier alpha value is -3.08. The van der Waals surface area contributed by atoms with E-state index in [2.05, 4.69) is 0 Å². The number of fused-ring (bicyclic) bond motifs is 1. The maximum absolute atomic E-state index is 11.3. The van der Waals surface area contributed by atoms with Crippen LogP contribution in [0, 0.1) is 0 Å². The summed E-state index contributed by atoms with van der Waals surface area (Å²) in [6, 6.07) is 12.6. The fourth-order valence-corrected chi connectivity index (χ4v) is 2.21. The zero-order valence-corrected chi connectivity index (χ0v) is 10.9. The van der Waals surface area contributed by atoms with Crippen LogP contribution >= 0.6 is 0 Å². The van der Waals surface area contributed by atoms with Gasteiger partial charge in [0.25, 0.3) is 0 Å². The molecule has 0 unspecified atom stereocenters. The van der Waals surface area contributed by atoms with Crippen LogP contribution in [0.15, 0.2) is 59.5 Å². The van der Waals surface area contributed by atoms with Gasteiger partial charge < -0.3 is 10.3 Å². The third-order valence-corrected chi connectivity index (χ3v) is 3.29. The van der Waals surface area contributed by atoms with Crippen molar-refractivity contribution in [1.29, 1.82) is 0 Å². The number of aromatic nitrogens is 1. The molecule has 1 aliphatic carbocycles. The lowest BCUT2D eigenvalue weighted by Gasteiger charge is -2.12. The molecule has 0 atom stereocenters. The minimum atomic E-state index is -0.986. The first-order valence-corrected chi connectivity index (χ1v) is 6.24. The second kappa shape index (κ2) is 4.79. The lowest BCUT2D eigenvalue weighted by Crippen LogP contribution is -2.06. The highest BCUT2D eigenvalue weighted by molar-refractivity contribution is 5.88. The Labute approximate surface area is 119 Å². The molecule has 0 amide bonds. The molecule has 0 bridgehead atoms. The first kappa shape index (κ1) is 12.9. The molecule has 0 fully saturated rings. The number of hydrogen-bond donors (Lipinski definition) is 2. The molecule has 2 aliphatic rings. The predicted molar refractivity (Wildman–Crippen MR) is 76.9 cm³/mol. The van der Waals surface area contributed by atoms with E-state index in [0.29, 0.717) is 5.69 Å². The fourth-order valence-electron chi connectivity index (χ4n) is 2.21. The van der Waals surface area contributed by atoms with Gasteiger partial charge in [0, 0.05) is 17.2 Å². The number of aromatic carboxylic acids is 1. The lowest BCUT2D eigenvalue weighted by molar-refractivity contribution is 0.0697. The SMILES string of the molecule is O=C(O)c1ccc(-c2cc3ccc(=O)cc-3n(O)c2)cc1. The zero-order chi connectivity index (χ0) is 15.0. The molecule has 1 aliphatic heterocycles. The van der Waals surface area contributed by atoms with Crippen molar-refractivity contribution in [2.75, 3.05) is 0 Å². The van der Waals surface area contributed by atoms with Gasteiger partial charge >= 0.3 is 5.97 Å². The van der Waals surface area contributed by atoms with Crippen LogP contribution in [-0.2, 0) is 0 Å². The highest BCUT2D eigenvalue weighted by atomic mass is 16.5. The molecule has 1 aromatic rings. The summed E-state index contributed by atoms with van der Waals surface area (Å²) in [5.74, 6) is -0.986. The summed E-state index contributed by atoms with van der Waals surface area (Å²) in [5, 5.41) is 18.8. The number of rotatable bonds is 2. The van der Waals surface area contributed by atoms with Gasteiger partial charge in [-0.2, -0.15) is 4.73 Å². The van der Waals surface area contributed by atoms with E-state index in [1.807, 2.05) is 6.07 Å². The first-order valence-electron chi connectivity index (χ1n) is 6.24. The lowest BCUT2D eigenvalue weighted by atomic mass is 10.0. The van der Waals surface area contributed by atoms with Crippen molar-refractivity contribution < 1.29 is 15.1 Å². The number of pyridine rings is 1. The summed E-state index contributed by atoms with van der Waals surface area (Å²) < 4.78 is 0.900. The van der Waals surface area contributed by atoms with E-state index < -0.39 is 5.97 Å². The Morgan fingerprint density at radius 1 is 0.905 bits per heavy atom. The number of nitrogens with zero attached hydrogens (tertiary/aromatic N) is 1. The van der Waals surface area contributed by atoms with Crippen molar-refractivity contribution in [1.82, 2.24) is 4.73 Å². The van der Waals surface area contributed by atoms with Gasteiger partial charge in [0.2, 0.25) is 0 Å². The summed E-state index contributed by atoms with van der Waals surface area (Å²) in [7, 11) is 0. The third kappa shape index (κ3) is 2.36. The summed E-state index contributed by atoms with van der Waals surface area (Å²) in [6.07, 6.45) is 1.48. The molecule has 1 aromatic carbocycles. The average Bonchev–Trinajstić information content (AvgIpc) is 2.48. The van der Waals surface area contributed by atoms with Gasteiger partial charge in [0.15, 0.2) is 5.43 Å². The van der Waals surface area contributed by atoms with Crippen LogP contribution in [-0.4, -0.2) is 21.0 Å². The summed E-state index contributed by atoms with van der Waals surface area (Å²) in [6.45, 7) is 0. The minimum absolute atomic E-state index is 0.177. The molecule has 3 rings (SSSR count). The Morgan fingerprint density at radius 3 is 2.24 bits per heavy atom. The van der Waals surface area contributed by atoms with E-state index in [-0.39, 0.29) is 11.0 Å². The molecule has 0 aromatic heterocycles. The van der Waals surface area contributed by atoms with Crippen molar-refractivity contribution in [2.24, 2.45) is 0 Å². The highest BCUT2D eigenvalue weighted by Gasteiger charge is 2.10. The van der Waals surface area contributed by atoms with Crippen LogP contribution in [0.4, 0.5) is 0 Å². The Morgan fingerprint density at radius 2 is 1.57 bits per heavy atom. The molecule has 0 radical (unpaired) electrons. The quantitative estimate of drug-likeness (QED) is 0.707. The van der Waals surface area contributed by atoms with Gasteiger partial charge in [-0.3, -0.25) is 4.79 Å². The maximum Gasteiger partial charge on any atom is 0.335 e. The van der Waals surface area contributed by atoms with Gasteiger partial charge in [0.05, 0.1) is 17.5 Å². The standard InChI is InChI=1S/C16H11NO4/c18-14-6-5-12-7-13(9-17(21)15(12)8-14)10-1-3-11(4-2-10)16(19)20/h1-9,21H,(H,19,20). The van der Waals surface area contributed by atoms with E-state index in [0.717, 1.165) is 21.4 Å². The topological polar surface area (TPSA) is 79.5 Å². The zero-order valence-electron chi connectivity index (χ0n) is 10.9. The van der Waals surface area contributed by atoms with E-state index in [1.54, 1.807) is 18.2 Å². The molecular formula is C16H11NO4. The van der Waals surface area contributed by atoms with Gasteiger partial charge in [-0.1, -0.05) is 12.1 Å². The fraction of sp³-hybridized carbons (Fsp3) is 0. The van der Waals surface area contributed by atoms with Crippen LogP contribution in [0.2, 0.25) is 0 Å². The van der Waals surface area contributed by atoms with E-state index in [9.17, 15) is 14.8 Å². The molecular weight excluding hydrogens is 270 g/mol. The summed E-state index contributed by atoms with van der Waals surface area (Å²) in [5.41, 5.74) is 2.66. The van der Waals surface area contributed by atoms with Gasteiger partial charge in [-0.05, 0) is 35.9 Å². The predicted octanol–water partition coefficient (Wildman–Crippen LogP) is 2.56. The highest BCUT2D eigenvalue weighted by Crippen LogP contribution is 2.27. The first-order chi connectivity index (χ1) is 10.0. The molecule has 5 nitrogen and oxygen atoms in total. The summed E-state index contributed by atoms with van der Waals surface area (Å²) in [4.78, 5) is 22.1. The number of carboxylic acid groups (broad SMARTS) is 1. The second-order valence-electron chi connectivity index (χ2n) is 4.68. The number of carbonyl (C=O) groups is 1. The van der Waals surface area contributed by atoms with Crippen LogP contribution < -0.4 is 5.43 Å². The molecule has 21 heavy (non-hydrogen) atoms. The van der Waals surface area contributed by atoms with Crippen LogP contribution in [0.25, 0.3) is 22.4 Å². The van der Waals surface area contributed by atoms with Crippen molar-refractivity contribution in [3.63, 3.8) is 0 Å². The van der Waals surface area contributed by atoms with Gasteiger partial charge in [-0.15, -0.1) is 0 Å². The van der Waals surface area contributed by atoms with Crippen LogP contribution in [0.1, 0.15) is 10.4 Å². The maximum atomic E-state index is 11.3. The monoisotopic (exact) mass is 281 g/mol. The van der Waals surface area contributed by atoms with E-state index in [1.165, 1.54) is 30.5 Å². The molecule has 0 saturated carbocycles. The number of carboxylic acids is 1. The molecule has 0 spiro atoms. The Bertz CT molecular complexity index is 849. The van der Waals surface area contributed by atoms with Crippen molar-refractivity contribution >= 4 is 5.97 Å². The average molecular weight is 281 g/mol. The number of hydrogen-bond acceptors (Lipinski definition) is 3. The van der Waals surface area contributed by atoms with Crippen molar-refractivity contribution in [2.45, 2.75) is 0 Å². The van der Waals surface area contributed by atoms with Crippen molar-refractivity contribution in [3.05, 3.63) is 70.5 Å². The Kier molecular flexibility index (Phi) is 2.95. The largest absolute Gasteiger partial charge is 0.478 e. The van der Waals surface area contributed by atoms with E-state index >= 15 is 0 Å². The molecule has 2 N–H and O–H groups in total.